The first-order valence-electron chi connectivity index (χ1n) is 14.4. The molecule has 4 rings (SSSR count). The number of anilines is 1. The van der Waals surface area contributed by atoms with Crippen molar-refractivity contribution in [1.82, 2.24) is 20.1 Å². The van der Waals surface area contributed by atoms with Crippen LogP contribution in [0.2, 0.25) is 0 Å². The molecule has 2 aliphatic rings. The van der Waals surface area contributed by atoms with Crippen molar-refractivity contribution in [1.29, 1.82) is 5.26 Å². The quantitative estimate of drug-likeness (QED) is 0.411. The molecular weight excluding hydrogens is 533 g/mol. The van der Waals surface area contributed by atoms with E-state index in [4.69, 9.17) is 5.26 Å². The molecule has 1 fully saturated rings. The van der Waals surface area contributed by atoms with Gasteiger partial charge in [-0.3, -0.25) is 14.5 Å². The molecule has 0 spiro atoms. The van der Waals surface area contributed by atoms with Crippen LogP contribution in [0.4, 0.5) is 19.0 Å². The normalized spacial score (nSPS) is 21.0. The first kappa shape index (κ1) is 32.3. The first-order valence-corrected chi connectivity index (χ1v) is 14.4. The van der Waals surface area contributed by atoms with Gasteiger partial charge in [0.1, 0.15) is 23.2 Å². The summed E-state index contributed by atoms with van der Waals surface area (Å²) in [5, 5.41) is 14.6. The summed E-state index contributed by atoms with van der Waals surface area (Å²) in [7, 11) is 0. The minimum absolute atomic E-state index is 0.00248. The van der Waals surface area contributed by atoms with Gasteiger partial charge < -0.3 is 4.90 Å². The lowest BCUT2D eigenvalue weighted by molar-refractivity contribution is -0.139. The number of rotatable bonds is 9. The van der Waals surface area contributed by atoms with Crippen molar-refractivity contribution in [3.63, 3.8) is 0 Å². The Morgan fingerprint density at radius 1 is 1.32 bits per heavy atom. The summed E-state index contributed by atoms with van der Waals surface area (Å²) in [4.78, 5) is 32.0. The Bertz CT molecular complexity index is 1290. The van der Waals surface area contributed by atoms with Gasteiger partial charge in [0.05, 0.1) is 17.3 Å². The zero-order valence-corrected chi connectivity index (χ0v) is 24.6. The smallest absolute Gasteiger partial charge is 0.357 e. The second-order valence-electron chi connectivity index (χ2n) is 11.5. The average Bonchev–Trinajstić information content (AvgIpc) is 3.54. The predicted molar refractivity (Wildman–Crippen MR) is 151 cm³/mol. The number of H-pyrrole nitrogens is 1. The number of carbonyl (C=O) groups is 1. The minimum atomic E-state index is -4.69. The van der Waals surface area contributed by atoms with Crippen LogP contribution in [-0.2, 0) is 17.4 Å². The van der Waals surface area contributed by atoms with Crippen LogP contribution in [0.1, 0.15) is 95.1 Å². The molecule has 2 aromatic heterocycles. The molecular formula is C30H41F3N6O2. The number of aromatic nitrogens is 3. The van der Waals surface area contributed by atoms with Crippen LogP contribution >= 0.6 is 0 Å². The molecule has 1 N–H and O–H groups in total. The van der Waals surface area contributed by atoms with Crippen LogP contribution in [0.25, 0.3) is 0 Å². The molecule has 3 atom stereocenters. The molecule has 1 saturated heterocycles. The Kier molecular flexibility index (Phi) is 10.7. The minimum Gasteiger partial charge on any atom is -0.357 e. The van der Waals surface area contributed by atoms with E-state index in [0.29, 0.717) is 37.2 Å². The van der Waals surface area contributed by atoms with Gasteiger partial charge in [-0.25, -0.2) is 10.1 Å². The monoisotopic (exact) mass is 574 g/mol. The Morgan fingerprint density at radius 3 is 2.59 bits per heavy atom. The number of Topliss-reactive ketones (excluding diaryl/α,β-unsaturated/α-hetero) is 1. The molecule has 41 heavy (non-hydrogen) atoms. The maximum Gasteiger partial charge on any atom is 0.422 e. The van der Waals surface area contributed by atoms with Crippen LogP contribution in [0.3, 0.4) is 0 Å². The van der Waals surface area contributed by atoms with E-state index in [0.717, 1.165) is 31.2 Å². The molecule has 3 heterocycles. The van der Waals surface area contributed by atoms with E-state index in [1.54, 1.807) is 13.1 Å². The molecule has 0 bridgehead atoms. The highest BCUT2D eigenvalue weighted by molar-refractivity contribution is 5.82. The fraction of sp³-hybridized carbons (Fsp3) is 0.633. The number of likely N-dealkylation sites (tertiary alicyclic amines) is 1. The maximum atomic E-state index is 13.1. The number of hydrogen-bond acceptors (Lipinski definition) is 7. The Hall–Kier alpha value is -3.26. The molecule has 2 aromatic rings. The molecule has 0 amide bonds. The third-order valence-electron chi connectivity index (χ3n) is 8.46. The van der Waals surface area contributed by atoms with E-state index < -0.39 is 22.7 Å². The standard InChI is InChI=1S/C15H18F3N3O2.C15H23N3/c1-8(22)14(2)5-6-21(7-14)10-4-3-9-11(15(16,17)18)13(23)20-19-12(9)10;1-4-9-18(10-8-13(3)5-2)15-7-6-14(11-16)12-17-15/h10H,3-7H2,1-2H3,(H,20,23);6-7,12-13H,4-5,8-10H2,1-3H3/t;13-/m.1/s1. The van der Waals surface area contributed by atoms with Gasteiger partial charge in [0.25, 0.3) is 5.56 Å². The van der Waals surface area contributed by atoms with Gasteiger partial charge in [-0.05, 0) is 69.2 Å². The number of nitrogens with zero attached hydrogens (tertiary/aromatic N) is 5. The zero-order chi connectivity index (χ0) is 30.4. The predicted octanol–water partition coefficient (Wildman–Crippen LogP) is 5.68. The topological polar surface area (TPSA) is 106 Å². The molecule has 224 valence electrons. The largest absolute Gasteiger partial charge is 0.422 e. The number of alkyl halides is 3. The summed E-state index contributed by atoms with van der Waals surface area (Å²) in [5.74, 6) is 1.82. The lowest BCUT2D eigenvalue weighted by atomic mass is 9.86. The summed E-state index contributed by atoms with van der Waals surface area (Å²) in [5.41, 5.74) is -1.85. The lowest BCUT2D eigenvalue weighted by Crippen LogP contribution is -2.33. The van der Waals surface area contributed by atoms with Gasteiger partial charge in [-0.2, -0.15) is 23.5 Å². The van der Waals surface area contributed by atoms with E-state index in [9.17, 15) is 22.8 Å². The number of nitrogens with one attached hydrogen (secondary N) is 1. The Balaban J connectivity index is 0.000000233. The molecule has 1 aliphatic carbocycles. The zero-order valence-electron chi connectivity index (χ0n) is 24.6. The average molecular weight is 575 g/mol. The fourth-order valence-corrected chi connectivity index (χ4v) is 5.48. The van der Waals surface area contributed by atoms with Crippen LogP contribution in [-0.4, -0.2) is 52.0 Å². The second-order valence-corrected chi connectivity index (χ2v) is 11.5. The van der Waals surface area contributed by atoms with Crippen LogP contribution < -0.4 is 10.5 Å². The van der Waals surface area contributed by atoms with Crippen molar-refractivity contribution in [2.45, 2.75) is 85.4 Å². The second kappa shape index (κ2) is 13.6. The molecule has 0 radical (unpaired) electrons. The van der Waals surface area contributed by atoms with Crippen molar-refractivity contribution < 1.29 is 18.0 Å². The van der Waals surface area contributed by atoms with Gasteiger partial charge in [-0.15, -0.1) is 0 Å². The molecule has 2 unspecified atom stereocenters. The molecule has 11 heteroatoms. The van der Waals surface area contributed by atoms with Crippen LogP contribution in [0.15, 0.2) is 23.1 Å². The van der Waals surface area contributed by atoms with Gasteiger partial charge in [-0.1, -0.05) is 34.1 Å². The van der Waals surface area contributed by atoms with E-state index in [1.165, 1.54) is 12.8 Å². The van der Waals surface area contributed by atoms with E-state index in [-0.39, 0.29) is 23.8 Å². The van der Waals surface area contributed by atoms with Crippen molar-refractivity contribution >= 4 is 11.6 Å². The SMILES string of the molecule is CC(=O)C1(C)CCN(C2CCc3c2n[nH]c(=O)c3C(F)(F)F)C1.CCCN(CC[C@H](C)CC)c1ccc(C#N)cn1. The van der Waals surface area contributed by atoms with Crippen LogP contribution in [0, 0.1) is 22.7 Å². The number of ketones is 1. The number of pyridine rings is 1. The highest BCUT2D eigenvalue weighted by Gasteiger charge is 2.46. The molecule has 8 nitrogen and oxygen atoms in total. The van der Waals surface area contributed by atoms with E-state index >= 15 is 0 Å². The van der Waals surface area contributed by atoms with Gasteiger partial charge in [0.15, 0.2) is 0 Å². The number of aromatic amines is 1. The first-order chi connectivity index (χ1) is 19.3. The van der Waals surface area contributed by atoms with Crippen molar-refractivity contribution in [2.24, 2.45) is 11.3 Å². The van der Waals surface area contributed by atoms with Gasteiger partial charge >= 0.3 is 6.18 Å². The van der Waals surface area contributed by atoms with Crippen molar-refractivity contribution in [2.75, 3.05) is 31.1 Å². The third kappa shape index (κ3) is 7.73. The summed E-state index contributed by atoms with van der Waals surface area (Å²) < 4.78 is 39.4. The Morgan fingerprint density at radius 2 is 2.05 bits per heavy atom. The number of carbonyl (C=O) groups excluding carboxylic acids is 1. The fourth-order valence-electron chi connectivity index (χ4n) is 5.48. The molecule has 0 aromatic carbocycles. The molecule has 0 saturated carbocycles. The highest BCUT2D eigenvalue weighted by Crippen LogP contribution is 2.43. The lowest BCUT2D eigenvalue weighted by Gasteiger charge is -2.26. The maximum absolute atomic E-state index is 13.1. The summed E-state index contributed by atoms with van der Waals surface area (Å²) in [6, 6.07) is 5.62. The van der Waals surface area contributed by atoms with Crippen molar-refractivity contribution in [3.05, 3.63) is 51.1 Å². The van der Waals surface area contributed by atoms with Crippen LogP contribution in [0.5, 0.6) is 0 Å². The summed E-state index contributed by atoms with van der Waals surface area (Å²) in [6.07, 6.45) is 1.84. The van der Waals surface area contributed by atoms with Crippen molar-refractivity contribution in [3.8, 4) is 6.07 Å². The Labute approximate surface area is 240 Å². The number of hydrogen-bond donors (Lipinski definition) is 1. The molecule has 1 aliphatic heterocycles. The van der Waals surface area contributed by atoms with E-state index in [2.05, 4.69) is 41.8 Å². The van der Waals surface area contributed by atoms with Gasteiger partial charge in [0, 0.05) is 31.2 Å². The number of halogens is 3. The highest BCUT2D eigenvalue weighted by atomic mass is 19.4. The summed E-state index contributed by atoms with van der Waals surface area (Å²) >= 11 is 0. The number of nitriles is 1. The summed E-state index contributed by atoms with van der Waals surface area (Å²) in [6.45, 7) is 13.3. The third-order valence-corrected chi connectivity index (χ3v) is 8.46. The van der Waals surface area contributed by atoms with Gasteiger partial charge in [0.2, 0.25) is 0 Å². The number of fused-ring (bicyclic) bond motifs is 1. The van der Waals surface area contributed by atoms with E-state index in [1.807, 2.05) is 29.1 Å².